The molecule has 0 N–H and O–H groups in total. The number of anilines is 1. The lowest BCUT2D eigenvalue weighted by molar-refractivity contribution is -0.180. The minimum Gasteiger partial charge on any atom is -0.357 e. The van der Waals surface area contributed by atoms with Crippen molar-refractivity contribution in [2.45, 2.75) is 18.0 Å². The van der Waals surface area contributed by atoms with Crippen LogP contribution in [-0.4, -0.2) is 43.0 Å². The number of benzene rings is 1. The van der Waals surface area contributed by atoms with Crippen molar-refractivity contribution in [3.63, 3.8) is 0 Å². The van der Waals surface area contributed by atoms with Gasteiger partial charge in [0.25, 0.3) is 0 Å². The van der Waals surface area contributed by atoms with Crippen molar-refractivity contribution in [3.05, 3.63) is 40.0 Å². The van der Waals surface area contributed by atoms with Gasteiger partial charge in [-0.25, -0.2) is 4.90 Å². The molecule has 0 aliphatic carbocycles. The Labute approximate surface area is 151 Å². The molecule has 3 saturated heterocycles. The Kier molecular flexibility index (Phi) is 3.19. The van der Waals surface area contributed by atoms with E-state index in [1.165, 1.54) is 4.90 Å². The number of rotatable bonds is 2. The van der Waals surface area contributed by atoms with Crippen molar-refractivity contribution in [2.24, 2.45) is 11.8 Å². The van der Waals surface area contributed by atoms with Crippen LogP contribution in [0, 0.1) is 15.4 Å². The number of amides is 2. The number of carbonyl (C=O) groups excluding carboxylic acids is 2. The molecule has 4 aliphatic heterocycles. The zero-order valence-corrected chi connectivity index (χ0v) is 14.7. The first-order chi connectivity index (χ1) is 11.6. The first-order valence-corrected chi connectivity index (χ1v) is 8.94. The van der Waals surface area contributed by atoms with E-state index in [0.29, 0.717) is 18.9 Å². The number of hydrogen-bond donors (Lipinski definition) is 0. The predicted molar refractivity (Wildman–Crippen MR) is 91.1 cm³/mol. The third kappa shape index (κ3) is 1.75. The molecule has 124 valence electrons. The van der Waals surface area contributed by atoms with Crippen molar-refractivity contribution >= 4 is 40.1 Å². The molecule has 5 rings (SSSR count). The average Bonchev–Trinajstić information content (AvgIpc) is 3.33. The summed E-state index contributed by atoms with van der Waals surface area (Å²) in [6.45, 7) is 0.933. The second-order valence-corrected chi connectivity index (χ2v) is 7.50. The normalized spacial score (nSPS) is 37.7. The van der Waals surface area contributed by atoms with Crippen LogP contribution in [0.5, 0.6) is 0 Å². The topological polar surface area (TPSA) is 65.1 Å². The second-order valence-electron chi connectivity index (χ2n) is 6.34. The van der Waals surface area contributed by atoms with Crippen molar-refractivity contribution in [1.82, 2.24) is 0 Å². The van der Waals surface area contributed by atoms with E-state index in [4.69, 9.17) is 14.2 Å². The molecule has 2 bridgehead atoms. The highest BCUT2D eigenvalue weighted by Crippen LogP contribution is 2.55. The molecule has 1 aromatic carbocycles. The lowest BCUT2D eigenvalue weighted by atomic mass is 9.76. The van der Waals surface area contributed by atoms with Crippen LogP contribution in [0.4, 0.5) is 5.69 Å². The Morgan fingerprint density at radius 3 is 2.62 bits per heavy atom. The minimum atomic E-state index is -0.993. The molecule has 3 fully saturated rings. The van der Waals surface area contributed by atoms with Gasteiger partial charge in [0.2, 0.25) is 11.8 Å². The summed E-state index contributed by atoms with van der Waals surface area (Å²) in [6, 6.07) is 7.39. The van der Waals surface area contributed by atoms with Gasteiger partial charge < -0.3 is 14.2 Å². The predicted octanol–water partition coefficient (Wildman–Crippen LogP) is 1.48. The quantitative estimate of drug-likeness (QED) is 0.397. The van der Waals surface area contributed by atoms with Gasteiger partial charge in [-0.3, -0.25) is 9.59 Å². The van der Waals surface area contributed by atoms with E-state index in [1.807, 2.05) is 30.4 Å². The number of halogens is 1. The van der Waals surface area contributed by atoms with Gasteiger partial charge in [-0.05, 0) is 40.8 Å². The first-order valence-electron chi connectivity index (χ1n) is 7.86. The van der Waals surface area contributed by atoms with Gasteiger partial charge in [0, 0.05) is 3.57 Å². The molecule has 4 atom stereocenters. The van der Waals surface area contributed by atoms with E-state index in [2.05, 4.69) is 22.6 Å². The first kappa shape index (κ1) is 15.0. The van der Waals surface area contributed by atoms with Gasteiger partial charge in [0.15, 0.2) is 11.9 Å². The largest absolute Gasteiger partial charge is 0.357 e. The van der Waals surface area contributed by atoms with Gasteiger partial charge in [0.1, 0.15) is 0 Å². The summed E-state index contributed by atoms with van der Waals surface area (Å²) in [6.07, 6.45) is 2.67. The maximum atomic E-state index is 13.2. The van der Waals surface area contributed by atoms with Crippen molar-refractivity contribution < 1.29 is 23.8 Å². The highest BCUT2D eigenvalue weighted by Gasteiger charge is 2.71. The molecular weight excluding hydrogens is 425 g/mol. The third-order valence-electron chi connectivity index (χ3n) is 5.16. The Hall–Kier alpha value is -1.29. The molecular formula is C17H14INO5. The highest BCUT2D eigenvalue weighted by molar-refractivity contribution is 14.1. The number of hydrogen-bond acceptors (Lipinski definition) is 5. The van der Waals surface area contributed by atoms with E-state index in [0.717, 1.165) is 3.57 Å². The summed E-state index contributed by atoms with van der Waals surface area (Å²) in [5, 5.41) is 0. The molecule has 0 aromatic heterocycles. The molecule has 6 nitrogen and oxygen atoms in total. The van der Waals surface area contributed by atoms with E-state index >= 15 is 0 Å². The van der Waals surface area contributed by atoms with Crippen LogP contribution in [0.1, 0.15) is 0 Å². The zero-order chi connectivity index (χ0) is 16.5. The smallest absolute Gasteiger partial charge is 0.241 e. The van der Waals surface area contributed by atoms with Gasteiger partial charge in [-0.15, -0.1) is 0 Å². The molecule has 1 aromatic rings. The maximum Gasteiger partial charge on any atom is 0.241 e. The van der Waals surface area contributed by atoms with E-state index in [-0.39, 0.29) is 11.8 Å². The summed E-state index contributed by atoms with van der Waals surface area (Å²) >= 11 is 2.14. The lowest BCUT2D eigenvalue weighted by Crippen LogP contribution is -2.49. The summed E-state index contributed by atoms with van der Waals surface area (Å²) < 4.78 is 18.2. The van der Waals surface area contributed by atoms with Crippen molar-refractivity contribution in [1.29, 1.82) is 0 Å². The zero-order valence-electron chi connectivity index (χ0n) is 12.6. The molecule has 24 heavy (non-hydrogen) atoms. The highest BCUT2D eigenvalue weighted by atomic mass is 127. The van der Waals surface area contributed by atoms with E-state index < -0.39 is 29.8 Å². The Morgan fingerprint density at radius 1 is 1.12 bits per heavy atom. The van der Waals surface area contributed by atoms with Crippen LogP contribution in [0.3, 0.4) is 0 Å². The standard InChI is InChI=1S/C17H14INO5/c18-9-3-1-2-4-10(9)19-14(20)12-11-5-6-17(24-11,13(12)15(19)21)16-22-7-8-23-16/h1-6,11-13,16H,7-8H2/t11-,12+,13+,17-/m1/s1. The molecule has 4 aliphatic rings. The van der Waals surface area contributed by atoms with Crippen LogP contribution < -0.4 is 4.90 Å². The van der Waals surface area contributed by atoms with Gasteiger partial charge in [-0.2, -0.15) is 0 Å². The summed E-state index contributed by atoms with van der Waals surface area (Å²) in [4.78, 5) is 27.5. The van der Waals surface area contributed by atoms with Gasteiger partial charge in [-0.1, -0.05) is 18.2 Å². The Bertz CT molecular complexity index is 774. The van der Waals surface area contributed by atoms with Crippen LogP contribution in [0.15, 0.2) is 36.4 Å². The number of para-hydroxylation sites is 1. The molecule has 0 spiro atoms. The van der Waals surface area contributed by atoms with E-state index in [9.17, 15) is 9.59 Å². The molecule has 4 heterocycles. The number of imide groups is 1. The van der Waals surface area contributed by atoms with Gasteiger partial charge >= 0.3 is 0 Å². The van der Waals surface area contributed by atoms with Gasteiger partial charge in [0.05, 0.1) is 36.8 Å². The van der Waals surface area contributed by atoms with Crippen LogP contribution >= 0.6 is 22.6 Å². The molecule has 7 heteroatoms. The summed E-state index contributed by atoms with van der Waals surface area (Å²) in [5.74, 6) is -1.55. The maximum absolute atomic E-state index is 13.2. The lowest BCUT2D eigenvalue weighted by Gasteiger charge is -2.32. The minimum absolute atomic E-state index is 0.205. The number of carbonyl (C=O) groups is 2. The van der Waals surface area contributed by atoms with E-state index in [1.54, 1.807) is 6.07 Å². The Balaban J connectivity index is 1.59. The average molecular weight is 439 g/mol. The summed E-state index contributed by atoms with van der Waals surface area (Å²) in [5.41, 5.74) is -0.363. The molecule has 0 radical (unpaired) electrons. The summed E-state index contributed by atoms with van der Waals surface area (Å²) in [7, 11) is 0. The SMILES string of the molecule is O=C1[C@@H]2[C@@H](C(=O)N1c1ccccc1I)[C@@]1(C3OCCO3)C=C[C@H]2O1. The second kappa shape index (κ2) is 5.10. The van der Waals surface area contributed by atoms with Crippen molar-refractivity contribution in [2.75, 3.05) is 18.1 Å². The monoisotopic (exact) mass is 439 g/mol. The third-order valence-corrected chi connectivity index (χ3v) is 6.07. The number of fused-ring (bicyclic) bond motifs is 5. The molecule has 0 unspecified atom stereocenters. The van der Waals surface area contributed by atoms with Crippen LogP contribution in [0.2, 0.25) is 0 Å². The number of ether oxygens (including phenoxy) is 3. The number of nitrogens with zero attached hydrogens (tertiary/aromatic N) is 1. The fourth-order valence-corrected chi connectivity index (χ4v) is 4.83. The fraction of sp³-hybridized carbons (Fsp3) is 0.412. The van der Waals surface area contributed by atoms with Crippen LogP contribution in [-0.2, 0) is 23.8 Å². The fourth-order valence-electron chi connectivity index (χ4n) is 4.20. The van der Waals surface area contributed by atoms with Crippen molar-refractivity contribution in [3.8, 4) is 0 Å². The molecule has 2 amide bonds. The Morgan fingerprint density at radius 2 is 1.88 bits per heavy atom. The molecule has 0 saturated carbocycles. The van der Waals surface area contributed by atoms with Crippen LogP contribution in [0.25, 0.3) is 0 Å².